The van der Waals surface area contributed by atoms with E-state index in [2.05, 4.69) is 25.9 Å². The monoisotopic (exact) mass is 474 g/mol. The first kappa shape index (κ1) is 26.1. The number of carbonyl (C=O) groups is 4. The average Bonchev–Trinajstić information content (AvgIpc) is 3.21. The lowest BCUT2D eigenvalue weighted by Gasteiger charge is -2.23. The Labute approximate surface area is 195 Å². The molecular formula is C21H30N8O5. The second-order valence-corrected chi connectivity index (χ2v) is 7.51. The van der Waals surface area contributed by atoms with Crippen molar-refractivity contribution in [2.75, 3.05) is 19.6 Å². The van der Waals surface area contributed by atoms with Crippen LogP contribution in [0.3, 0.4) is 0 Å². The first-order valence-corrected chi connectivity index (χ1v) is 10.6. The number of amides is 3. The van der Waals surface area contributed by atoms with E-state index in [1.807, 2.05) is 24.3 Å². The molecule has 0 aliphatic rings. The Balaban J connectivity index is 2.20. The van der Waals surface area contributed by atoms with Crippen LogP contribution in [0.5, 0.6) is 0 Å². The summed E-state index contributed by atoms with van der Waals surface area (Å²) in [5.74, 6) is -3.17. The molecule has 2 atom stereocenters. The van der Waals surface area contributed by atoms with Gasteiger partial charge in [-0.1, -0.05) is 18.2 Å². The Hall–Kier alpha value is -4.13. The van der Waals surface area contributed by atoms with E-state index in [0.29, 0.717) is 6.42 Å². The molecular weight excluding hydrogens is 444 g/mol. The predicted octanol–water partition coefficient (Wildman–Crippen LogP) is -2.11. The van der Waals surface area contributed by atoms with Crippen LogP contribution in [0.25, 0.3) is 10.9 Å². The fourth-order valence-corrected chi connectivity index (χ4v) is 3.31. The number of carboxylic acid groups (broad SMARTS) is 1. The molecule has 0 bridgehead atoms. The first-order chi connectivity index (χ1) is 16.2. The number of aliphatic imine (C=N–C) groups is 1. The highest BCUT2D eigenvalue weighted by molar-refractivity contribution is 5.94. The molecule has 0 saturated heterocycles. The molecule has 0 aliphatic carbocycles. The van der Waals surface area contributed by atoms with Crippen LogP contribution in [0, 0.1) is 0 Å². The van der Waals surface area contributed by atoms with Gasteiger partial charge in [-0.2, -0.15) is 0 Å². The molecule has 13 nitrogen and oxygen atoms in total. The number of nitrogens with one attached hydrogen (secondary N) is 4. The van der Waals surface area contributed by atoms with Crippen LogP contribution in [0.2, 0.25) is 0 Å². The van der Waals surface area contributed by atoms with Gasteiger partial charge in [-0.25, -0.2) is 0 Å². The highest BCUT2D eigenvalue weighted by atomic mass is 16.4. The normalized spacial score (nSPS) is 12.4. The predicted molar refractivity (Wildman–Crippen MR) is 125 cm³/mol. The van der Waals surface area contributed by atoms with Gasteiger partial charge in [0.1, 0.15) is 18.6 Å². The summed E-state index contributed by atoms with van der Waals surface area (Å²) in [5, 5.41) is 17.2. The van der Waals surface area contributed by atoms with Crippen LogP contribution < -0.4 is 33.2 Å². The summed E-state index contributed by atoms with van der Waals surface area (Å²) < 4.78 is 0. The molecule has 0 saturated carbocycles. The van der Waals surface area contributed by atoms with E-state index in [1.165, 1.54) is 0 Å². The summed E-state index contributed by atoms with van der Waals surface area (Å²) in [6.07, 6.45) is 2.37. The number of hydrogen-bond donors (Lipinski definition) is 8. The van der Waals surface area contributed by atoms with Gasteiger partial charge in [-0.05, 0) is 24.5 Å². The topological polar surface area (TPSA) is 231 Å². The van der Waals surface area contributed by atoms with Crippen molar-refractivity contribution in [1.29, 1.82) is 0 Å². The second-order valence-electron chi connectivity index (χ2n) is 7.51. The van der Waals surface area contributed by atoms with Gasteiger partial charge >= 0.3 is 5.97 Å². The number of nitrogens with two attached hydrogens (primary N) is 3. The van der Waals surface area contributed by atoms with Gasteiger partial charge in [0.05, 0.1) is 6.54 Å². The summed E-state index contributed by atoms with van der Waals surface area (Å²) in [4.78, 5) is 55.4. The number of aliphatic carboxylic acids is 1. The third kappa shape index (κ3) is 8.09. The van der Waals surface area contributed by atoms with Crippen LogP contribution in [-0.2, 0) is 25.6 Å². The molecule has 13 heteroatoms. The Morgan fingerprint density at radius 2 is 1.79 bits per heavy atom. The van der Waals surface area contributed by atoms with Crippen molar-refractivity contribution < 1.29 is 24.3 Å². The molecule has 1 aromatic carbocycles. The Kier molecular flexibility index (Phi) is 9.83. The van der Waals surface area contributed by atoms with Crippen molar-refractivity contribution in [3.05, 3.63) is 36.0 Å². The molecule has 184 valence electrons. The standard InChI is InChI=1S/C21H30N8O5/c22-9-17(30)28-15(6-3-7-25-21(23)24)20(34)29-16(19(33)27-11-18(31)32)8-12-10-26-14-5-2-1-4-13(12)14/h1-2,4-5,10,15-16,26H,3,6-9,11,22H2,(H,27,33)(H,28,30)(H,29,34)(H,31,32)(H4,23,24,25). The summed E-state index contributed by atoms with van der Waals surface area (Å²) >= 11 is 0. The number of aromatic nitrogens is 1. The van der Waals surface area contributed by atoms with Crippen LogP contribution in [0.4, 0.5) is 0 Å². The molecule has 0 fully saturated rings. The van der Waals surface area contributed by atoms with E-state index < -0.39 is 42.3 Å². The van der Waals surface area contributed by atoms with E-state index in [1.54, 1.807) is 6.20 Å². The Bertz CT molecular complexity index is 1050. The van der Waals surface area contributed by atoms with Crippen molar-refractivity contribution in [2.45, 2.75) is 31.3 Å². The number of carboxylic acids is 1. The minimum absolute atomic E-state index is 0.0900. The molecule has 11 N–H and O–H groups in total. The number of para-hydroxylation sites is 1. The fourth-order valence-electron chi connectivity index (χ4n) is 3.31. The lowest BCUT2D eigenvalue weighted by atomic mass is 10.0. The average molecular weight is 475 g/mol. The van der Waals surface area contributed by atoms with Gasteiger partial charge in [-0.15, -0.1) is 0 Å². The lowest BCUT2D eigenvalue weighted by Crippen LogP contribution is -2.55. The lowest BCUT2D eigenvalue weighted by molar-refractivity contribution is -0.138. The maximum absolute atomic E-state index is 13.0. The van der Waals surface area contributed by atoms with Gasteiger partial charge in [0.15, 0.2) is 5.96 Å². The minimum atomic E-state index is -1.22. The zero-order chi connectivity index (χ0) is 25.1. The minimum Gasteiger partial charge on any atom is -0.480 e. The fraction of sp³-hybridized carbons (Fsp3) is 0.381. The molecule has 2 aromatic rings. The van der Waals surface area contributed by atoms with Crippen molar-refractivity contribution >= 4 is 40.6 Å². The summed E-state index contributed by atoms with van der Waals surface area (Å²) in [7, 11) is 0. The zero-order valence-corrected chi connectivity index (χ0v) is 18.5. The number of benzene rings is 1. The van der Waals surface area contributed by atoms with Gasteiger partial charge in [0.25, 0.3) is 0 Å². The van der Waals surface area contributed by atoms with E-state index in [-0.39, 0.29) is 31.9 Å². The summed E-state index contributed by atoms with van der Waals surface area (Å²) in [6, 6.07) is 5.33. The maximum atomic E-state index is 13.0. The quantitative estimate of drug-likeness (QED) is 0.0907. The second kappa shape index (κ2) is 12.8. The van der Waals surface area contributed by atoms with Crippen molar-refractivity contribution in [3.8, 4) is 0 Å². The molecule has 0 spiro atoms. The molecule has 34 heavy (non-hydrogen) atoms. The van der Waals surface area contributed by atoms with E-state index in [9.17, 15) is 19.2 Å². The molecule has 2 rings (SSSR count). The van der Waals surface area contributed by atoms with Crippen LogP contribution in [0.15, 0.2) is 35.5 Å². The number of hydrogen-bond acceptors (Lipinski definition) is 6. The van der Waals surface area contributed by atoms with E-state index >= 15 is 0 Å². The number of guanidine groups is 1. The van der Waals surface area contributed by atoms with Crippen LogP contribution in [0.1, 0.15) is 18.4 Å². The number of H-pyrrole nitrogens is 1. The molecule has 0 radical (unpaired) electrons. The third-order valence-electron chi connectivity index (χ3n) is 4.93. The van der Waals surface area contributed by atoms with Crippen molar-refractivity contribution in [3.63, 3.8) is 0 Å². The van der Waals surface area contributed by atoms with Crippen molar-refractivity contribution in [2.24, 2.45) is 22.2 Å². The molecule has 2 unspecified atom stereocenters. The van der Waals surface area contributed by atoms with Gasteiger partial charge in [0, 0.05) is 30.1 Å². The van der Waals surface area contributed by atoms with Crippen molar-refractivity contribution in [1.82, 2.24) is 20.9 Å². The zero-order valence-electron chi connectivity index (χ0n) is 18.5. The SMILES string of the molecule is NCC(=O)NC(CCCN=C(N)N)C(=O)NC(Cc1c[nH]c2ccccc12)C(=O)NCC(=O)O. The number of aromatic amines is 1. The van der Waals surface area contributed by atoms with Gasteiger partial charge < -0.3 is 43.2 Å². The number of carbonyl (C=O) groups excluding carboxylic acids is 3. The van der Waals surface area contributed by atoms with Crippen LogP contribution >= 0.6 is 0 Å². The third-order valence-corrected chi connectivity index (χ3v) is 4.93. The Morgan fingerprint density at radius 3 is 2.47 bits per heavy atom. The van der Waals surface area contributed by atoms with Gasteiger partial charge in [0.2, 0.25) is 17.7 Å². The van der Waals surface area contributed by atoms with Gasteiger partial charge in [-0.3, -0.25) is 24.2 Å². The first-order valence-electron chi connectivity index (χ1n) is 10.6. The smallest absolute Gasteiger partial charge is 0.322 e. The van der Waals surface area contributed by atoms with E-state index in [4.69, 9.17) is 22.3 Å². The molecule has 1 heterocycles. The highest BCUT2D eigenvalue weighted by Gasteiger charge is 2.27. The largest absolute Gasteiger partial charge is 0.480 e. The summed E-state index contributed by atoms with van der Waals surface area (Å²) in [6.45, 7) is -0.692. The Morgan fingerprint density at radius 1 is 1.06 bits per heavy atom. The van der Waals surface area contributed by atoms with E-state index in [0.717, 1.165) is 16.5 Å². The summed E-state index contributed by atoms with van der Waals surface area (Å²) in [5.41, 5.74) is 17.5. The number of rotatable bonds is 13. The maximum Gasteiger partial charge on any atom is 0.322 e. The molecule has 3 amide bonds. The molecule has 1 aromatic heterocycles. The molecule has 0 aliphatic heterocycles. The number of nitrogens with zero attached hydrogens (tertiary/aromatic N) is 1. The highest BCUT2D eigenvalue weighted by Crippen LogP contribution is 2.19. The van der Waals surface area contributed by atoms with Crippen LogP contribution in [-0.4, -0.2) is 71.5 Å². The number of fused-ring (bicyclic) bond motifs is 1.